The number of anilines is 1. The van der Waals surface area contributed by atoms with Gasteiger partial charge in [0.1, 0.15) is 23.5 Å². The molecule has 0 saturated heterocycles. The first-order valence-corrected chi connectivity index (χ1v) is 7.51. The molecule has 8 nitrogen and oxygen atoms in total. The second kappa shape index (κ2) is 5.75. The Morgan fingerprint density at radius 1 is 1.16 bits per heavy atom. The first-order valence-electron chi connectivity index (χ1n) is 7.51. The highest BCUT2D eigenvalue weighted by molar-refractivity contribution is 5.70. The third kappa shape index (κ3) is 2.80. The summed E-state index contributed by atoms with van der Waals surface area (Å²) in [6.45, 7) is 1.94. The summed E-state index contributed by atoms with van der Waals surface area (Å²) in [6.07, 6.45) is 3.16. The average molecular weight is 334 g/mol. The van der Waals surface area contributed by atoms with Gasteiger partial charge in [-0.2, -0.15) is 5.10 Å². The van der Waals surface area contributed by atoms with E-state index in [1.165, 1.54) is 6.07 Å². The van der Waals surface area contributed by atoms with Gasteiger partial charge >= 0.3 is 0 Å². The summed E-state index contributed by atoms with van der Waals surface area (Å²) in [6, 6.07) is 10.1. The molecule has 0 aliphatic rings. The van der Waals surface area contributed by atoms with Crippen molar-refractivity contribution in [2.24, 2.45) is 0 Å². The van der Waals surface area contributed by atoms with Crippen molar-refractivity contribution in [3.05, 3.63) is 54.5 Å². The molecule has 0 bridgehead atoms. The first kappa shape index (κ1) is 14.9. The number of aryl methyl sites for hydroxylation is 1. The van der Waals surface area contributed by atoms with Crippen molar-refractivity contribution >= 4 is 11.5 Å². The van der Waals surface area contributed by atoms with Crippen molar-refractivity contribution in [1.82, 2.24) is 24.6 Å². The molecule has 8 heteroatoms. The number of hydrogen-bond acceptors (Lipinski definition) is 7. The summed E-state index contributed by atoms with van der Waals surface area (Å²) < 4.78 is 7.35. The fourth-order valence-corrected chi connectivity index (χ4v) is 2.53. The van der Waals surface area contributed by atoms with E-state index in [1.807, 2.05) is 6.92 Å². The minimum atomic E-state index is 0.128. The lowest BCUT2D eigenvalue weighted by Crippen LogP contribution is -1.96. The van der Waals surface area contributed by atoms with Crippen LogP contribution in [0.3, 0.4) is 0 Å². The van der Waals surface area contributed by atoms with Gasteiger partial charge in [-0.05, 0) is 25.1 Å². The molecular formula is C17H14N6O2. The average Bonchev–Trinajstić information content (AvgIpc) is 2.92. The van der Waals surface area contributed by atoms with E-state index in [0.29, 0.717) is 23.0 Å². The minimum Gasteiger partial charge on any atom is -0.508 e. The van der Waals surface area contributed by atoms with Crippen LogP contribution in [0.15, 0.2) is 48.9 Å². The highest BCUT2D eigenvalue weighted by Gasteiger charge is 2.14. The molecule has 3 N–H and O–H groups in total. The summed E-state index contributed by atoms with van der Waals surface area (Å²) in [5, 5.41) is 14.0. The van der Waals surface area contributed by atoms with E-state index in [0.717, 1.165) is 11.1 Å². The fourth-order valence-electron chi connectivity index (χ4n) is 2.53. The van der Waals surface area contributed by atoms with Crippen LogP contribution in [0.1, 0.15) is 5.56 Å². The zero-order valence-electron chi connectivity index (χ0n) is 13.3. The van der Waals surface area contributed by atoms with Crippen LogP contribution in [0.4, 0.5) is 5.95 Å². The molecular weight excluding hydrogens is 320 g/mol. The standard InChI is InChI=1S/C17H14N6O2/c1-10-14-8-15(25-12-4-2-3-11(24)7-12)20-9-23(14)22-16(10)13-5-6-19-17(18)21-13/h2-9,24H,1H3,(H2,18,19,21). The molecule has 1 aromatic carbocycles. The molecule has 0 radical (unpaired) electrons. The highest BCUT2D eigenvalue weighted by Crippen LogP contribution is 2.28. The van der Waals surface area contributed by atoms with Crippen molar-refractivity contribution in [3.63, 3.8) is 0 Å². The van der Waals surface area contributed by atoms with E-state index in [1.54, 1.807) is 47.4 Å². The molecule has 3 heterocycles. The van der Waals surface area contributed by atoms with Crippen molar-refractivity contribution in [2.75, 3.05) is 5.73 Å². The predicted octanol–water partition coefficient (Wildman–Crippen LogP) is 2.57. The molecule has 4 aromatic rings. The Morgan fingerprint density at radius 2 is 2.04 bits per heavy atom. The van der Waals surface area contributed by atoms with Crippen LogP contribution in [0.2, 0.25) is 0 Å². The van der Waals surface area contributed by atoms with Crippen LogP contribution in [0.5, 0.6) is 17.4 Å². The van der Waals surface area contributed by atoms with Gasteiger partial charge in [0.25, 0.3) is 0 Å². The maximum Gasteiger partial charge on any atom is 0.222 e. The molecule has 0 spiro atoms. The van der Waals surface area contributed by atoms with Gasteiger partial charge in [0.2, 0.25) is 11.8 Å². The Hall–Kier alpha value is -3.68. The maximum atomic E-state index is 9.52. The molecule has 0 atom stereocenters. The topological polar surface area (TPSA) is 111 Å². The number of aromatic nitrogens is 5. The summed E-state index contributed by atoms with van der Waals surface area (Å²) in [4.78, 5) is 12.3. The Bertz CT molecular complexity index is 1080. The maximum absolute atomic E-state index is 9.52. The number of fused-ring (bicyclic) bond motifs is 1. The van der Waals surface area contributed by atoms with Gasteiger partial charge in [0.05, 0.1) is 11.2 Å². The van der Waals surface area contributed by atoms with Crippen LogP contribution >= 0.6 is 0 Å². The van der Waals surface area contributed by atoms with Crippen molar-refractivity contribution in [2.45, 2.75) is 6.92 Å². The highest BCUT2D eigenvalue weighted by atomic mass is 16.5. The molecule has 0 aliphatic carbocycles. The number of phenols is 1. The molecule has 0 aliphatic heterocycles. The monoisotopic (exact) mass is 334 g/mol. The lowest BCUT2D eigenvalue weighted by atomic mass is 10.2. The van der Waals surface area contributed by atoms with E-state index in [2.05, 4.69) is 20.1 Å². The third-order valence-electron chi connectivity index (χ3n) is 3.71. The molecule has 0 amide bonds. The van der Waals surface area contributed by atoms with Crippen LogP contribution in [0.25, 0.3) is 16.9 Å². The van der Waals surface area contributed by atoms with E-state index in [4.69, 9.17) is 10.5 Å². The fraction of sp³-hybridized carbons (Fsp3) is 0.0588. The normalized spacial score (nSPS) is 10.9. The first-order chi connectivity index (χ1) is 12.1. The zero-order chi connectivity index (χ0) is 17.4. The van der Waals surface area contributed by atoms with Crippen LogP contribution < -0.4 is 10.5 Å². The SMILES string of the molecule is Cc1c(-c2ccnc(N)n2)nn2cnc(Oc3cccc(O)c3)cc12. The van der Waals surface area contributed by atoms with Gasteiger partial charge in [-0.1, -0.05) is 6.07 Å². The number of nitrogens with two attached hydrogens (primary N) is 1. The van der Waals surface area contributed by atoms with Gasteiger partial charge in [0.15, 0.2) is 0 Å². The number of phenolic OH excluding ortho intramolecular Hbond substituents is 1. The second-order valence-electron chi connectivity index (χ2n) is 5.43. The molecule has 0 unspecified atom stereocenters. The van der Waals surface area contributed by atoms with E-state index >= 15 is 0 Å². The van der Waals surface area contributed by atoms with Gasteiger partial charge in [-0.25, -0.2) is 19.5 Å². The minimum absolute atomic E-state index is 0.128. The number of nitrogens with zero attached hydrogens (tertiary/aromatic N) is 5. The van der Waals surface area contributed by atoms with Gasteiger partial charge in [-0.15, -0.1) is 0 Å². The number of benzene rings is 1. The quantitative estimate of drug-likeness (QED) is 0.592. The van der Waals surface area contributed by atoms with Crippen LogP contribution in [-0.4, -0.2) is 29.7 Å². The molecule has 25 heavy (non-hydrogen) atoms. The Morgan fingerprint density at radius 3 is 2.84 bits per heavy atom. The Kier molecular flexibility index (Phi) is 3.42. The third-order valence-corrected chi connectivity index (χ3v) is 3.71. The molecule has 0 saturated carbocycles. The van der Waals surface area contributed by atoms with Gasteiger partial charge < -0.3 is 15.6 Å². The number of aromatic hydroxyl groups is 1. The Balaban J connectivity index is 1.75. The summed E-state index contributed by atoms with van der Waals surface area (Å²) in [5.74, 6) is 1.22. The predicted molar refractivity (Wildman–Crippen MR) is 91.3 cm³/mol. The number of ether oxygens (including phenoxy) is 1. The van der Waals surface area contributed by atoms with E-state index in [-0.39, 0.29) is 11.7 Å². The Labute approximate surface area is 142 Å². The smallest absolute Gasteiger partial charge is 0.222 e. The zero-order valence-corrected chi connectivity index (χ0v) is 13.3. The van der Waals surface area contributed by atoms with E-state index < -0.39 is 0 Å². The largest absolute Gasteiger partial charge is 0.508 e. The van der Waals surface area contributed by atoms with Gasteiger partial charge in [0, 0.05) is 23.9 Å². The molecule has 0 fully saturated rings. The lowest BCUT2D eigenvalue weighted by Gasteiger charge is -2.05. The lowest BCUT2D eigenvalue weighted by molar-refractivity contribution is 0.444. The van der Waals surface area contributed by atoms with Crippen molar-refractivity contribution < 1.29 is 9.84 Å². The van der Waals surface area contributed by atoms with E-state index in [9.17, 15) is 5.11 Å². The van der Waals surface area contributed by atoms with Crippen molar-refractivity contribution in [3.8, 4) is 28.8 Å². The number of rotatable bonds is 3. The second-order valence-corrected chi connectivity index (χ2v) is 5.43. The number of nitrogen functional groups attached to an aromatic ring is 1. The summed E-state index contributed by atoms with van der Waals surface area (Å²) >= 11 is 0. The molecule has 4 rings (SSSR count). The van der Waals surface area contributed by atoms with Crippen LogP contribution in [0, 0.1) is 6.92 Å². The molecule has 124 valence electrons. The summed E-state index contributed by atoms with van der Waals surface area (Å²) in [7, 11) is 0. The van der Waals surface area contributed by atoms with Crippen LogP contribution in [-0.2, 0) is 0 Å². The van der Waals surface area contributed by atoms with Crippen molar-refractivity contribution in [1.29, 1.82) is 0 Å². The summed E-state index contributed by atoms with van der Waals surface area (Å²) in [5.41, 5.74) is 8.74. The van der Waals surface area contributed by atoms with Gasteiger partial charge in [-0.3, -0.25) is 0 Å². The molecule has 3 aromatic heterocycles. The number of hydrogen-bond donors (Lipinski definition) is 2.